The number of carbonyl (C=O) groups excluding carboxylic acids is 1. The van der Waals surface area contributed by atoms with Gasteiger partial charge in [-0.05, 0) is 31.0 Å². The van der Waals surface area contributed by atoms with Crippen LogP contribution in [0.3, 0.4) is 0 Å². The number of rotatable bonds is 7. The summed E-state index contributed by atoms with van der Waals surface area (Å²) in [4.78, 5) is 23.3. The first-order valence-electron chi connectivity index (χ1n) is 9.75. The summed E-state index contributed by atoms with van der Waals surface area (Å²) in [5.41, 5.74) is 0.907. The molecule has 0 aromatic heterocycles. The fourth-order valence-corrected chi connectivity index (χ4v) is 4.46. The number of carboxylic acids is 1. The van der Waals surface area contributed by atoms with Gasteiger partial charge in [-0.1, -0.05) is 19.1 Å². The molecule has 31 heavy (non-hydrogen) atoms. The van der Waals surface area contributed by atoms with Crippen molar-refractivity contribution in [2.24, 2.45) is 0 Å². The van der Waals surface area contributed by atoms with E-state index in [0.29, 0.717) is 31.0 Å². The van der Waals surface area contributed by atoms with E-state index in [-0.39, 0.29) is 18.9 Å². The lowest BCUT2D eigenvalue weighted by molar-refractivity contribution is -0.192. The fourth-order valence-electron chi connectivity index (χ4n) is 2.82. The molecule has 1 saturated heterocycles. The lowest BCUT2D eigenvalue weighted by atomic mass is 10.2. The maximum atomic E-state index is 12.9. The van der Waals surface area contributed by atoms with E-state index in [1.54, 1.807) is 23.1 Å². The second-order valence-electron chi connectivity index (χ2n) is 6.90. The summed E-state index contributed by atoms with van der Waals surface area (Å²) in [6.45, 7) is 7.44. The Balaban J connectivity index is 0.000000592. The molecule has 0 atom stereocenters. The summed E-state index contributed by atoms with van der Waals surface area (Å²) in [6, 6.07) is 6.91. The molecular weight excluding hydrogens is 439 g/mol. The monoisotopic (exact) mass is 467 g/mol. The van der Waals surface area contributed by atoms with E-state index >= 15 is 0 Å². The van der Waals surface area contributed by atoms with Gasteiger partial charge in [0.1, 0.15) is 0 Å². The molecule has 2 N–H and O–H groups in total. The van der Waals surface area contributed by atoms with Crippen LogP contribution in [0.5, 0.6) is 0 Å². The van der Waals surface area contributed by atoms with Crippen molar-refractivity contribution in [3.63, 3.8) is 0 Å². The number of carboxylic acid groups (broad SMARTS) is 1. The van der Waals surface area contributed by atoms with Gasteiger partial charge < -0.3 is 15.3 Å². The summed E-state index contributed by atoms with van der Waals surface area (Å²) >= 11 is 0. The van der Waals surface area contributed by atoms with Crippen molar-refractivity contribution in [1.82, 2.24) is 14.5 Å². The predicted octanol–water partition coefficient (Wildman–Crippen LogP) is 1.85. The van der Waals surface area contributed by atoms with Gasteiger partial charge in [-0.3, -0.25) is 4.79 Å². The molecule has 1 fully saturated rings. The molecule has 1 aliphatic rings. The van der Waals surface area contributed by atoms with Crippen molar-refractivity contribution in [3.05, 3.63) is 29.8 Å². The highest BCUT2D eigenvalue weighted by molar-refractivity contribution is 7.89. The first-order valence-corrected chi connectivity index (χ1v) is 11.2. The van der Waals surface area contributed by atoms with Crippen LogP contribution < -0.4 is 5.32 Å². The third kappa shape index (κ3) is 8.83. The number of sulfonamides is 1. The Morgan fingerprint density at radius 2 is 1.77 bits per heavy atom. The van der Waals surface area contributed by atoms with Gasteiger partial charge in [0.15, 0.2) is 0 Å². The van der Waals surface area contributed by atoms with Crippen molar-refractivity contribution in [3.8, 4) is 0 Å². The van der Waals surface area contributed by atoms with E-state index in [1.165, 1.54) is 4.31 Å². The number of amides is 1. The molecule has 8 nitrogen and oxygen atoms in total. The van der Waals surface area contributed by atoms with E-state index in [4.69, 9.17) is 9.90 Å². The Kier molecular flexibility index (Phi) is 10.4. The molecule has 12 heteroatoms. The number of hydrogen-bond donors (Lipinski definition) is 2. The van der Waals surface area contributed by atoms with Crippen molar-refractivity contribution in [1.29, 1.82) is 0 Å². The molecule has 1 heterocycles. The number of nitrogens with zero attached hydrogens (tertiary/aromatic N) is 2. The van der Waals surface area contributed by atoms with Crippen LogP contribution in [0.15, 0.2) is 29.2 Å². The molecule has 176 valence electrons. The first-order chi connectivity index (χ1) is 14.4. The first kappa shape index (κ1) is 26.9. The molecule has 0 bridgehead atoms. The molecule has 2 rings (SSSR count). The second-order valence-corrected chi connectivity index (χ2v) is 8.84. The molecule has 1 aliphatic heterocycles. The van der Waals surface area contributed by atoms with Crippen LogP contribution in [0, 0.1) is 6.92 Å². The highest BCUT2D eigenvalue weighted by atomic mass is 32.2. The minimum absolute atomic E-state index is 0.0250. The lowest BCUT2D eigenvalue weighted by Crippen LogP contribution is -2.47. The Hall–Kier alpha value is -2.18. The van der Waals surface area contributed by atoms with E-state index in [0.717, 1.165) is 18.7 Å². The van der Waals surface area contributed by atoms with Crippen LogP contribution >= 0.6 is 0 Å². The minimum Gasteiger partial charge on any atom is -0.475 e. The molecular formula is C19H28F3N3O5S. The molecule has 0 saturated carbocycles. The van der Waals surface area contributed by atoms with Gasteiger partial charge >= 0.3 is 12.1 Å². The molecule has 1 amide bonds. The van der Waals surface area contributed by atoms with Gasteiger partial charge in [-0.15, -0.1) is 0 Å². The fraction of sp³-hybridized carbons (Fsp3) is 0.579. The van der Waals surface area contributed by atoms with Crippen LogP contribution in [0.4, 0.5) is 13.2 Å². The molecule has 0 spiro atoms. The number of aliphatic carboxylic acids is 1. The molecule has 0 radical (unpaired) electrons. The SMILES string of the molecule is CCCN(CCC(=O)N1CCNCC1)S(=O)(=O)c1cccc(C)c1.O=C(O)C(F)(F)F. The average Bonchev–Trinajstić information content (AvgIpc) is 2.71. The van der Waals surface area contributed by atoms with E-state index in [2.05, 4.69) is 5.32 Å². The molecule has 0 unspecified atom stereocenters. The predicted molar refractivity (Wildman–Crippen MR) is 108 cm³/mol. The quantitative estimate of drug-likeness (QED) is 0.634. The number of alkyl halides is 3. The van der Waals surface area contributed by atoms with Crippen molar-refractivity contribution in [2.75, 3.05) is 39.3 Å². The topological polar surface area (TPSA) is 107 Å². The van der Waals surface area contributed by atoms with Gasteiger partial charge in [0.25, 0.3) is 0 Å². The zero-order valence-electron chi connectivity index (χ0n) is 17.5. The Morgan fingerprint density at radius 1 is 1.19 bits per heavy atom. The molecule has 0 aliphatic carbocycles. The van der Waals surface area contributed by atoms with Gasteiger partial charge in [0.2, 0.25) is 15.9 Å². The van der Waals surface area contributed by atoms with Gasteiger partial charge in [-0.2, -0.15) is 17.5 Å². The number of piperazine rings is 1. The summed E-state index contributed by atoms with van der Waals surface area (Å²) in [5, 5.41) is 10.3. The van der Waals surface area contributed by atoms with Gasteiger partial charge in [-0.25, -0.2) is 13.2 Å². The Labute approximate surface area is 180 Å². The summed E-state index contributed by atoms with van der Waals surface area (Å²) in [7, 11) is -3.56. The zero-order chi connectivity index (χ0) is 23.7. The minimum atomic E-state index is -5.08. The highest BCUT2D eigenvalue weighted by Gasteiger charge is 2.38. The zero-order valence-corrected chi connectivity index (χ0v) is 18.3. The summed E-state index contributed by atoms with van der Waals surface area (Å²) in [6.07, 6.45) is -4.14. The average molecular weight is 468 g/mol. The van der Waals surface area contributed by atoms with Crippen LogP contribution in [-0.2, 0) is 19.6 Å². The number of aryl methyl sites for hydroxylation is 1. The number of nitrogens with one attached hydrogen (secondary N) is 1. The normalized spacial score (nSPS) is 14.7. The maximum absolute atomic E-state index is 12.9. The number of hydrogen-bond acceptors (Lipinski definition) is 5. The number of carbonyl (C=O) groups is 2. The van der Waals surface area contributed by atoms with Crippen molar-refractivity contribution in [2.45, 2.75) is 37.8 Å². The standard InChI is InChI=1S/C17H27N3O3S.C2HF3O2/c1-3-10-20(11-7-17(21)19-12-8-18-9-13-19)24(22,23)16-6-4-5-15(2)14-16;3-2(4,5)1(6)7/h4-6,14,18H,3,7-13H2,1-2H3;(H,6,7). The van der Waals surface area contributed by atoms with Gasteiger partial charge in [0.05, 0.1) is 4.90 Å². The maximum Gasteiger partial charge on any atom is 0.490 e. The van der Waals surface area contributed by atoms with E-state index in [9.17, 15) is 26.4 Å². The highest BCUT2D eigenvalue weighted by Crippen LogP contribution is 2.18. The second kappa shape index (κ2) is 12.0. The number of halogens is 3. The van der Waals surface area contributed by atoms with E-state index in [1.807, 2.05) is 19.9 Å². The van der Waals surface area contributed by atoms with Crippen LogP contribution in [0.25, 0.3) is 0 Å². The Bertz CT molecular complexity index is 840. The van der Waals surface area contributed by atoms with Crippen molar-refractivity contribution >= 4 is 21.9 Å². The van der Waals surface area contributed by atoms with Crippen LogP contribution in [0.2, 0.25) is 0 Å². The third-order valence-corrected chi connectivity index (χ3v) is 6.28. The van der Waals surface area contributed by atoms with Crippen LogP contribution in [0.1, 0.15) is 25.3 Å². The summed E-state index contributed by atoms with van der Waals surface area (Å²) < 4.78 is 58.9. The van der Waals surface area contributed by atoms with E-state index < -0.39 is 22.2 Å². The smallest absolute Gasteiger partial charge is 0.475 e. The largest absolute Gasteiger partial charge is 0.490 e. The third-order valence-electron chi connectivity index (χ3n) is 4.39. The van der Waals surface area contributed by atoms with Crippen LogP contribution in [-0.4, -0.2) is 80.1 Å². The van der Waals surface area contributed by atoms with Crippen molar-refractivity contribution < 1.29 is 36.3 Å². The van der Waals surface area contributed by atoms with Gasteiger partial charge in [0, 0.05) is 45.7 Å². The summed E-state index contributed by atoms with van der Waals surface area (Å²) in [5.74, 6) is -2.73. The molecule has 1 aromatic carbocycles. The molecule has 1 aromatic rings. The Morgan fingerprint density at radius 3 is 2.26 bits per heavy atom. The number of benzene rings is 1. The lowest BCUT2D eigenvalue weighted by Gasteiger charge is -2.28.